The lowest BCUT2D eigenvalue weighted by molar-refractivity contribution is 0.417. The van der Waals surface area contributed by atoms with E-state index in [2.05, 4.69) is 9.44 Å². The molecular formula is C26H24N2O6S2. The Morgan fingerprint density at radius 1 is 0.500 bits per heavy atom. The number of hydrogen-bond donors (Lipinski definition) is 2. The van der Waals surface area contributed by atoms with Gasteiger partial charge in [0.25, 0.3) is 20.0 Å². The fraction of sp³-hybridized carbons (Fsp3) is 0.0769. The van der Waals surface area contributed by atoms with Crippen LogP contribution in [0.1, 0.15) is 0 Å². The third-order valence-corrected chi connectivity index (χ3v) is 8.13. The quantitative estimate of drug-likeness (QED) is 0.320. The molecule has 10 heteroatoms. The highest BCUT2D eigenvalue weighted by Crippen LogP contribution is 2.29. The molecule has 0 radical (unpaired) electrons. The van der Waals surface area contributed by atoms with Crippen LogP contribution in [0.5, 0.6) is 11.5 Å². The molecule has 0 aromatic heterocycles. The highest BCUT2D eigenvalue weighted by molar-refractivity contribution is 7.93. The molecular weight excluding hydrogens is 500 g/mol. The smallest absolute Gasteiger partial charge is 0.262 e. The second-order valence-corrected chi connectivity index (χ2v) is 11.0. The Balaban J connectivity index is 1.52. The first-order valence-corrected chi connectivity index (χ1v) is 13.7. The second-order valence-electron chi connectivity index (χ2n) is 7.66. The molecule has 0 fully saturated rings. The first-order chi connectivity index (χ1) is 17.2. The van der Waals surface area contributed by atoms with Crippen molar-refractivity contribution < 1.29 is 26.3 Å². The number of hydrogen-bond acceptors (Lipinski definition) is 6. The van der Waals surface area contributed by atoms with Crippen LogP contribution >= 0.6 is 0 Å². The molecule has 8 nitrogen and oxygen atoms in total. The highest BCUT2D eigenvalue weighted by Gasteiger charge is 2.18. The van der Waals surface area contributed by atoms with Gasteiger partial charge in [-0.25, -0.2) is 16.8 Å². The van der Waals surface area contributed by atoms with Gasteiger partial charge in [-0.1, -0.05) is 48.5 Å². The zero-order valence-corrected chi connectivity index (χ0v) is 21.1. The molecule has 4 rings (SSSR count). The summed E-state index contributed by atoms with van der Waals surface area (Å²) >= 11 is 0. The molecule has 0 aliphatic carbocycles. The molecule has 4 aromatic carbocycles. The van der Waals surface area contributed by atoms with Crippen LogP contribution in [-0.4, -0.2) is 31.1 Å². The Morgan fingerprint density at radius 2 is 0.833 bits per heavy atom. The summed E-state index contributed by atoms with van der Waals surface area (Å²) in [5, 5.41) is 0. The average molecular weight is 525 g/mol. The van der Waals surface area contributed by atoms with Crippen molar-refractivity contribution in [3.63, 3.8) is 0 Å². The Hall–Kier alpha value is -4.02. The van der Waals surface area contributed by atoms with Gasteiger partial charge in [0.05, 0.1) is 35.4 Å². The lowest BCUT2D eigenvalue weighted by Gasteiger charge is -2.13. The van der Waals surface area contributed by atoms with E-state index in [9.17, 15) is 16.8 Å². The number of nitrogens with one attached hydrogen (secondary N) is 2. The van der Waals surface area contributed by atoms with Crippen LogP contribution in [0.15, 0.2) is 107 Å². The van der Waals surface area contributed by atoms with Crippen molar-refractivity contribution in [3.05, 3.63) is 97.1 Å². The van der Waals surface area contributed by atoms with Crippen LogP contribution in [0.4, 0.5) is 11.4 Å². The summed E-state index contributed by atoms with van der Waals surface area (Å²) in [6.07, 6.45) is 0. The lowest BCUT2D eigenvalue weighted by Crippen LogP contribution is -2.13. The third-order valence-electron chi connectivity index (χ3n) is 5.37. The zero-order chi connectivity index (χ0) is 25.8. The van der Waals surface area contributed by atoms with Crippen molar-refractivity contribution >= 4 is 31.4 Å². The Labute approximate surface area is 210 Å². The SMILES string of the molecule is COc1ccccc1NS(=O)(=O)c1ccc(-c2ccc(S(=O)(=O)Nc3ccccc3OC)cc2)cc1. The minimum Gasteiger partial charge on any atom is -0.495 e. The van der Waals surface area contributed by atoms with Gasteiger partial charge in [-0.15, -0.1) is 0 Å². The molecule has 0 saturated heterocycles. The summed E-state index contributed by atoms with van der Waals surface area (Å²) in [6, 6.07) is 26.1. The molecule has 36 heavy (non-hydrogen) atoms. The lowest BCUT2D eigenvalue weighted by atomic mass is 10.1. The van der Waals surface area contributed by atoms with Gasteiger partial charge >= 0.3 is 0 Å². The van der Waals surface area contributed by atoms with E-state index in [1.165, 1.54) is 38.5 Å². The Morgan fingerprint density at radius 3 is 1.17 bits per heavy atom. The molecule has 0 spiro atoms. The summed E-state index contributed by atoms with van der Waals surface area (Å²) in [5.41, 5.74) is 2.13. The van der Waals surface area contributed by atoms with E-state index < -0.39 is 20.0 Å². The van der Waals surface area contributed by atoms with Gasteiger partial charge in [0, 0.05) is 0 Å². The molecule has 2 N–H and O–H groups in total. The molecule has 4 aromatic rings. The largest absolute Gasteiger partial charge is 0.495 e. The third kappa shape index (κ3) is 5.45. The summed E-state index contributed by atoms with van der Waals surface area (Å²) in [7, 11) is -4.74. The number of rotatable bonds is 9. The number of benzene rings is 4. The normalized spacial score (nSPS) is 11.5. The van der Waals surface area contributed by atoms with Crippen molar-refractivity contribution in [2.45, 2.75) is 9.79 Å². The molecule has 0 heterocycles. The monoisotopic (exact) mass is 524 g/mol. The Kier molecular flexibility index (Phi) is 7.18. The van der Waals surface area contributed by atoms with Gasteiger partial charge in [-0.3, -0.25) is 9.44 Å². The number of methoxy groups -OCH3 is 2. The van der Waals surface area contributed by atoms with E-state index in [-0.39, 0.29) is 9.79 Å². The van der Waals surface area contributed by atoms with Crippen molar-refractivity contribution in [3.8, 4) is 22.6 Å². The Bertz CT molecular complexity index is 1450. The van der Waals surface area contributed by atoms with Gasteiger partial charge in [0.15, 0.2) is 0 Å². The minimum atomic E-state index is -3.83. The maximum Gasteiger partial charge on any atom is 0.262 e. The van der Waals surface area contributed by atoms with Gasteiger partial charge in [-0.2, -0.15) is 0 Å². The molecule has 0 saturated carbocycles. The number of ether oxygens (including phenoxy) is 2. The highest BCUT2D eigenvalue weighted by atomic mass is 32.2. The van der Waals surface area contributed by atoms with Crippen molar-refractivity contribution in [1.82, 2.24) is 0 Å². The van der Waals surface area contributed by atoms with Crippen LogP contribution in [0.3, 0.4) is 0 Å². The summed E-state index contributed by atoms with van der Waals surface area (Å²) in [6.45, 7) is 0. The number of para-hydroxylation sites is 4. The van der Waals surface area contributed by atoms with Crippen LogP contribution in [-0.2, 0) is 20.0 Å². The van der Waals surface area contributed by atoms with Gasteiger partial charge < -0.3 is 9.47 Å². The van der Waals surface area contributed by atoms with E-state index in [4.69, 9.17) is 9.47 Å². The van der Waals surface area contributed by atoms with Crippen molar-refractivity contribution in [2.75, 3.05) is 23.7 Å². The van der Waals surface area contributed by atoms with E-state index in [0.29, 0.717) is 22.9 Å². The van der Waals surface area contributed by atoms with Crippen LogP contribution in [0.2, 0.25) is 0 Å². The average Bonchev–Trinajstić information content (AvgIpc) is 2.89. The van der Waals surface area contributed by atoms with Crippen LogP contribution in [0.25, 0.3) is 11.1 Å². The molecule has 0 aliphatic heterocycles. The van der Waals surface area contributed by atoms with Crippen LogP contribution < -0.4 is 18.9 Å². The maximum absolute atomic E-state index is 12.8. The topological polar surface area (TPSA) is 111 Å². The molecule has 186 valence electrons. The predicted octanol–water partition coefficient (Wildman–Crippen LogP) is 4.97. The van der Waals surface area contributed by atoms with Crippen molar-refractivity contribution in [1.29, 1.82) is 0 Å². The van der Waals surface area contributed by atoms with Crippen LogP contribution in [0, 0.1) is 0 Å². The summed E-state index contributed by atoms with van der Waals surface area (Å²) < 4.78 is 66.7. The summed E-state index contributed by atoms with van der Waals surface area (Å²) in [4.78, 5) is 0.162. The van der Waals surface area contributed by atoms with E-state index in [0.717, 1.165) is 11.1 Å². The fourth-order valence-electron chi connectivity index (χ4n) is 3.52. The molecule has 0 unspecified atom stereocenters. The van der Waals surface area contributed by atoms with E-state index in [1.54, 1.807) is 72.8 Å². The number of sulfonamides is 2. The van der Waals surface area contributed by atoms with Gasteiger partial charge in [-0.05, 0) is 59.7 Å². The number of anilines is 2. The minimum absolute atomic E-state index is 0.0809. The molecule has 0 bridgehead atoms. The van der Waals surface area contributed by atoms with E-state index in [1.807, 2.05) is 0 Å². The summed E-state index contributed by atoms with van der Waals surface area (Å²) in [5.74, 6) is 0.820. The van der Waals surface area contributed by atoms with E-state index >= 15 is 0 Å². The first kappa shape index (κ1) is 25.1. The first-order valence-electron chi connectivity index (χ1n) is 10.8. The molecule has 0 amide bonds. The van der Waals surface area contributed by atoms with Crippen molar-refractivity contribution in [2.24, 2.45) is 0 Å². The molecule has 0 aliphatic rings. The van der Waals surface area contributed by atoms with Gasteiger partial charge in [0.2, 0.25) is 0 Å². The fourth-order valence-corrected chi connectivity index (χ4v) is 5.66. The van der Waals surface area contributed by atoms with Gasteiger partial charge in [0.1, 0.15) is 11.5 Å². The molecule has 0 atom stereocenters. The zero-order valence-electron chi connectivity index (χ0n) is 19.5. The second kappa shape index (κ2) is 10.3. The maximum atomic E-state index is 12.8. The standard InChI is InChI=1S/C26H24N2O6S2/c1-33-25-9-5-3-7-23(25)27-35(29,30)21-15-11-19(12-16-21)20-13-17-22(18-14-20)36(31,32)28-24-8-4-6-10-26(24)34-2/h3-18,27-28H,1-2H3. The predicted molar refractivity (Wildman–Crippen MR) is 139 cm³/mol.